The number of hydrogen-bond donors (Lipinski definition) is 0. The van der Waals surface area contributed by atoms with Crippen molar-refractivity contribution < 1.29 is 14.1 Å². The lowest BCUT2D eigenvalue weighted by Crippen LogP contribution is -2.06. The molecule has 7 heteroatoms. The van der Waals surface area contributed by atoms with Crippen molar-refractivity contribution in [3.05, 3.63) is 38.1 Å². The minimum Gasteiger partial charge on any atom is -0.293 e. The van der Waals surface area contributed by atoms with Gasteiger partial charge in [-0.3, -0.25) is 14.9 Å². The van der Waals surface area contributed by atoms with Crippen molar-refractivity contribution in [2.45, 2.75) is 0 Å². The van der Waals surface area contributed by atoms with E-state index in [9.17, 15) is 19.3 Å². The van der Waals surface area contributed by atoms with E-state index in [1.807, 2.05) is 0 Å². The second-order valence-electron chi connectivity index (χ2n) is 2.57. The van der Waals surface area contributed by atoms with Crippen molar-refractivity contribution in [2.24, 2.45) is 0 Å². The van der Waals surface area contributed by atoms with Gasteiger partial charge in [-0.1, -0.05) is 15.9 Å². The van der Waals surface area contributed by atoms with Crippen molar-refractivity contribution in [3.8, 4) is 0 Å². The van der Waals surface area contributed by atoms with Gasteiger partial charge in [-0.25, -0.2) is 4.39 Å². The quantitative estimate of drug-likeness (QED) is 0.367. The molecule has 0 aromatic heterocycles. The molecule has 0 atom stereocenters. The van der Waals surface area contributed by atoms with Gasteiger partial charge in [0.2, 0.25) is 0 Å². The number of nitro groups is 1. The van der Waals surface area contributed by atoms with Crippen molar-refractivity contribution in [1.82, 2.24) is 0 Å². The molecule has 0 fully saturated rings. The maximum atomic E-state index is 13.2. The molecule has 0 unspecified atom stereocenters. The molecule has 1 rings (SSSR count). The summed E-state index contributed by atoms with van der Waals surface area (Å²) in [5.41, 5.74) is -0.637. The Morgan fingerprint density at radius 2 is 2.13 bits per heavy atom. The highest BCUT2D eigenvalue weighted by molar-refractivity contribution is 9.10. The van der Waals surface area contributed by atoms with Crippen LogP contribution < -0.4 is 0 Å². The summed E-state index contributed by atoms with van der Waals surface area (Å²) in [6.45, 7) is 0. The van der Waals surface area contributed by atoms with Gasteiger partial charge < -0.3 is 0 Å². The molecule has 0 saturated carbocycles. The second kappa shape index (κ2) is 4.80. The van der Waals surface area contributed by atoms with E-state index in [4.69, 9.17) is 0 Å². The molecule has 0 spiro atoms. The Labute approximate surface area is 101 Å². The fraction of sp³-hybridized carbons (Fsp3) is 0.125. The van der Waals surface area contributed by atoms with E-state index in [1.54, 1.807) is 0 Å². The summed E-state index contributed by atoms with van der Waals surface area (Å²) in [4.78, 5) is 21.1. The van der Waals surface area contributed by atoms with Crippen LogP contribution in [0.15, 0.2) is 16.6 Å². The summed E-state index contributed by atoms with van der Waals surface area (Å²) in [6.07, 6.45) is 0. The Morgan fingerprint density at radius 1 is 1.53 bits per heavy atom. The number of nitro benzene ring substituents is 1. The lowest BCUT2D eigenvalue weighted by atomic mass is 10.1. The molecule has 0 amide bonds. The summed E-state index contributed by atoms with van der Waals surface area (Å²) in [6, 6.07) is 1.91. The first-order valence-electron chi connectivity index (χ1n) is 3.70. The Morgan fingerprint density at radius 3 is 2.60 bits per heavy atom. The maximum Gasteiger partial charge on any atom is 0.284 e. The Bertz CT molecular complexity index is 436. The van der Waals surface area contributed by atoms with Crippen LogP contribution >= 0.6 is 31.9 Å². The highest BCUT2D eigenvalue weighted by Gasteiger charge is 2.22. The number of carbonyl (C=O) groups is 1. The van der Waals surface area contributed by atoms with Crippen LogP contribution in [-0.4, -0.2) is 16.0 Å². The van der Waals surface area contributed by atoms with Crippen molar-refractivity contribution in [3.63, 3.8) is 0 Å². The second-order valence-corrected chi connectivity index (χ2v) is 3.92. The normalized spacial score (nSPS) is 10.1. The van der Waals surface area contributed by atoms with Crippen LogP contribution in [0.1, 0.15) is 10.4 Å². The van der Waals surface area contributed by atoms with Gasteiger partial charge in [0.25, 0.3) is 5.69 Å². The molecule has 15 heavy (non-hydrogen) atoms. The fourth-order valence-corrected chi connectivity index (χ4v) is 1.97. The third-order valence-electron chi connectivity index (χ3n) is 1.67. The number of carbonyl (C=O) groups excluding carboxylic acids is 1. The molecule has 0 aliphatic carbocycles. The zero-order valence-electron chi connectivity index (χ0n) is 7.17. The van der Waals surface area contributed by atoms with E-state index >= 15 is 0 Å². The SMILES string of the molecule is O=C(CBr)c1c(F)ccc([N+](=O)[O-])c1Br. The Balaban J connectivity index is 3.43. The smallest absolute Gasteiger partial charge is 0.284 e. The number of benzene rings is 1. The van der Waals surface area contributed by atoms with Crippen molar-refractivity contribution >= 4 is 43.3 Å². The number of alkyl halides is 1. The van der Waals surface area contributed by atoms with E-state index in [2.05, 4.69) is 31.9 Å². The van der Waals surface area contributed by atoms with Crippen LogP contribution in [0.2, 0.25) is 0 Å². The highest BCUT2D eigenvalue weighted by Crippen LogP contribution is 2.30. The van der Waals surface area contributed by atoms with Crippen molar-refractivity contribution in [2.75, 3.05) is 5.33 Å². The van der Waals surface area contributed by atoms with Crippen LogP contribution in [0.4, 0.5) is 10.1 Å². The summed E-state index contributed by atoms with van der Waals surface area (Å²) >= 11 is 5.73. The van der Waals surface area contributed by atoms with E-state index in [0.717, 1.165) is 12.1 Å². The molecule has 0 aliphatic rings. The molecule has 1 aromatic rings. The summed E-state index contributed by atoms with van der Waals surface area (Å²) < 4.78 is 13.1. The molecule has 0 heterocycles. The van der Waals surface area contributed by atoms with Gasteiger partial charge in [0.15, 0.2) is 5.78 Å². The first-order valence-corrected chi connectivity index (χ1v) is 5.62. The zero-order valence-corrected chi connectivity index (χ0v) is 10.3. The third kappa shape index (κ3) is 2.40. The van der Waals surface area contributed by atoms with Crippen LogP contribution in [0, 0.1) is 15.9 Å². The molecule has 0 aliphatic heterocycles. The number of Topliss-reactive ketones (excluding diaryl/α,β-unsaturated/α-hetero) is 1. The van der Waals surface area contributed by atoms with Gasteiger partial charge in [0, 0.05) is 6.07 Å². The summed E-state index contributed by atoms with van der Waals surface area (Å²) in [5.74, 6) is -1.33. The average molecular weight is 341 g/mol. The predicted octanol–water partition coefficient (Wildman–Crippen LogP) is 3.07. The molecule has 4 nitrogen and oxygen atoms in total. The number of nitrogens with zero attached hydrogens (tertiary/aromatic N) is 1. The van der Waals surface area contributed by atoms with E-state index in [0.29, 0.717) is 0 Å². The molecule has 0 saturated heterocycles. The Kier molecular flexibility index (Phi) is 3.92. The van der Waals surface area contributed by atoms with Gasteiger partial charge in [-0.05, 0) is 22.0 Å². The van der Waals surface area contributed by atoms with E-state index < -0.39 is 16.5 Å². The summed E-state index contributed by atoms with van der Waals surface area (Å²) in [7, 11) is 0. The standard InChI is InChI=1S/C8H4Br2FNO3/c9-3-6(13)7-4(11)1-2-5(8(7)10)12(14)15/h1-2H,3H2. The third-order valence-corrected chi connectivity index (χ3v) is 2.98. The van der Waals surface area contributed by atoms with Crippen molar-refractivity contribution in [1.29, 1.82) is 0 Å². The van der Waals surface area contributed by atoms with Gasteiger partial charge in [0.05, 0.1) is 15.8 Å². The van der Waals surface area contributed by atoms with Crippen LogP contribution in [-0.2, 0) is 0 Å². The first kappa shape index (κ1) is 12.3. The van der Waals surface area contributed by atoms with E-state index in [1.165, 1.54) is 0 Å². The molecule has 1 aromatic carbocycles. The summed E-state index contributed by atoms with van der Waals surface area (Å²) in [5, 5.41) is 10.4. The zero-order chi connectivity index (χ0) is 11.6. The molecule has 80 valence electrons. The first-order chi connectivity index (χ1) is 6.99. The molecule has 0 N–H and O–H groups in total. The van der Waals surface area contributed by atoms with Gasteiger partial charge in [-0.2, -0.15) is 0 Å². The largest absolute Gasteiger partial charge is 0.293 e. The molecule has 0 bridgehead atoms. The molecular formula is C8H4Br2FNO3. The van der Waals surface area contributed by atoms with E-state index in [-0.39, 0.29) is 21.1 Å². The monoisotopic (exact) mass is 339 g/mol. The number of rotatable bonds is 3. The minimum absolute atomic E-state index is 0.0936. The lowest BCUT2D eigenvalue weighted by molar-refractivity contribution is -0.385. The van der Waals surface area contributed by atoms with Crippen LogP contribution in [0.25, 0.3) is 0 Å². The Hall–Kier alpha value is -0.820. The predicted molar refractivity (Wildman–Crippen MR) is 58.9 cm³/mol. The maximum absolute atomic E-state index is 13.2. The average Bonchev–Trinajstić information content (AvgIpc) is 2.16. The minimum atomic E-state index is -0.781. The van der Waals surface area contributed by atoms with Gasteiger partial charge in [0.1, 0.15) is 10.3 Å². The lowest BCUT2D eigenvalue weighted by Gasteiger charge is -2.03. The number of ketones is 1. The number of halogens is 3. The number of hydrogen-bond acceptors (Lipinski definition) is 3. The highest BCUT2D eigenvalue weighted by atomic mass is 79.9. The topological polar surface area (TPSA) is 60.2 Å². The van der Waals surface area contributed by atoms with Gasteiger partial charge >= 0.3 is 0 Å². The van der Waals surface area contributed by atoms with Gasteiger partial charge in [-0.15, -0.1) is 0 Å². The fourth-order valence-electron chi connectivity index (χ4n) is 1.00. The van der Waals surface area contributed by atoms with Crippen LogP contribution in [0.3, 0.4) is 0 Å². The van der Waals surface area contributed by atoms with Crippen LogP contribution in [0.5, 0.6) is 0 Å². The molecule has 0 radical (unpaired) electrons. The molecular weight excluding hydrogens is 337 g/mol.